The van der Waals surface area contributed by atoms with Crippen molar-refractivity contribution in [2.75, 3.05) is 5.33 Å². The third kappa shape index (κ3) is 3.83. The molecule has 0 saturated carbocycles. The molecule has 0 amide bonds. The Labute approximate surface area is 138 Å². The van der Waals surface area contributed by atoms with Crippen LogP contribution in [-0.2, 0) is 10.8 Å². The molecule has 2 atom stereocenters. The van der Waals surface area contributed by atoms with Gasteiger partial charge >= 0.3 is 0 Å². The Bertz CT molecular complexity index is 462. The zero-order valence-electron chi connectivity index (χ0n) is 14.0. The largest absolute Gasteiger partial charge is 0.469 e. The SMILES string of the molecule is CC(C)(C)[Si](C)(C)OC(CCBr)C1CCCc2ccoc21. The first kappa shape index (κ1) is 17.3. The van der Waals surface area contributed by atoms with E-state index >= 15 is 0 Å². The van der Waals surface area contributed by atoms with Crippen molar-refractivity contribution in [1.29, 1.82) is 0 Å². The highest BCUT2D eigenvalue weighted by molar-refractivity contribution is 9.09. The number of fused-ring (bicyclic) bond motifs is 1. The number of aryl methyl sites for hydroxylation is 1. The van der Waals surface area contributed by atoms with Gasteiger partial charge in [-0.3, -0.25) is 0 Å². The van der Waals surface area contributed by atoms with E-state index in [4.69, 9.17) is 8.84 Å². The molecule has 1 aliphatic carbocycles. The molecule has 1 aromatic rings. The van der Waals surface area contributed by atoms with Crippen LogP contribution in [0, 0.1) is 0 Å². The topological polar surface area (TPSA) is 22.4 Å². The second kappa shape index (κ2) is 6.59. The van der Waals surface area contributed by atoms with E-state index in [2.05, 4.69) is 55.9 Å². The Kier molecular flexibility index (Phi) is 5.43. The van der Waals surface area contributed by atoms with Crippen LogP contribution in [0.5, 0.6) is 0 Å². The predicted molar refractivity (Wildman–Crippen MR) is 94.9 cm³/mol. The Morgan fingerprint density at radius 2 is 2.14 bits per heavy atom. The van der Waals surface area contributed by atoms with Gasteiger partial charge in [-0.15, -0.1) is 0 Å². The molecule has 0 fully saturated rings. The lowest BCUT2D eigenvalue weighted by atomic mass is 9.84. The number of rotatable bonds is 5. The Hall–Kier alpha value is -0.0631. The minimum Gasteiger partial charge on any atom is -0.469 e. The van der Waals surface area contributed by atoms with Crippen LogP contribution in [0.15, 0.2) is 16.7 Å². The van der Waals surface area contributed by atoms with Gasteiger partial charge in [0.25, 0.3) is 0 Å². The summed E-state index contributed by atoms with van der Waals surface area (Å²) in [5.41, 5.74) is 1.39. The number of furan rings is 1. The predicted octanol–water partition coefficient (Wildman–Crippen LogP) is 5.87. The van der Waals surface area contributed by atoms with Gasteiger partial charge in [-0.2, -0.15) is 0 Å². The van der Waals surface area contributed by atoms with E-state index in [9.17, 15) is 0 Å². The van der Waals surface area contributed by atoms with Crippen LogP contribution in [0.4, 0.5) is 0 Å². The van der Waals surface area contributed by atoms with E-state index in [1.807, 2.05) is 6.26 Å². The van der Waals surface area contributed by atoms with Gasteiger partial charge in [0.15, 0.2) is 8.32 Å². The smallest absolute Gasteiger partial charge is 0.192 e. The summed E-state index contributed by atoms with van der Waals surface area (Å²) < 4.78 is 12.6. The number of halogens is 1. The molecule has 2 unspecified atom stereocenters. The molecule has 2 rings (SSSR count). The molecular weight excluding hydrogens is 344 g/mol. The summed E-state index contributed by atoms with van der Waals surface area (Å²) in [4.78, 5) is 0. The Morgan fingerprint density at radius 3 is 2.76 bits per heavy atom. The molecule has 1 heterocycles. The van der Waals surface area contributed by atoms with Crippen molar-refractivity contribution in [2.24, 2.45) is 0 Å². The van der Waals surface area contributed by atoms with Gasteiger partial charge < -0.3 is 8.84 Å². The van der Waals surface area contributed by atoms with Gasteiger partial charge in [-0.05, 0) is 55.4 Å². The molecule has 120 valence electrons. The highest BCUT2D eigenvalue weighted by atomic mass is 79.9. The molecule has 2 nitrogen and oxygen atoms in total. The normalized spacial score (nSPS) is 21.1. The lowest BCUT2D eigenvalue weighted by Gasteiger charge is -2.42. The van der Waals surface area contributed by atoms with Gasteiger partial charge in [0.1, 0.15) is 5.76 Å². The molecule has 0 N–H and O–H groups in total. The molecule has 0 radical (unpaired) electrons. The van der Waals surface area contributed by atoms with Crippen LogP contribution in [0.3, 0.4) is 0 Å². The van der Waals surface area contributed by atoms with Crippen molar-refractivity contribution >= 4 is 24.2 Å². The van der Waals surface area contributed by atoms with E-state index in [0.29, 0.717) is 5.92 Å². The first-order chi connectivity index (χ1) is 9.76. The van der Waals surface area contributed by atoms with Gasteiger partial charge in [0.2, 0.25) is 0 Å². The number of alkyl halides is 1. The fraction of sp³-hybridized carbons (Fsp3) is 0.765. The van der Waals surface area contributed by atoms with Crippen LogP contribution in [0.2, 0.25) is 18.1 Å². The van der Waals surface area contributed by atoms with Crippen LogP contribution < -0.4 is 0 Å². The van der Waals surface area contributed by atoms with E-state index in [-0.39, 0.29) is 11.1 Å². The van der Waals surface area contributed by atoms with Crippen molar-refractivity contribution in [3.63, 3.8) is 0 Å². The summed E-state index contributed by atoms with van der Waals surface area (Å²) in [5, 5.41) is 1.23. The van der Waals surface area contributed by atoms with E-state index in [0.717, 1.165) is 18.2 Å². The lowest BCUT2D eigenvalue weighted by molar-refractivity contribution is 0.128. The van der Waals surface area contributed by atoms with Crippen molar-refractivity contribution in [2.45, 2.75) is 76.6 Å². The van der Waals surface area contributed by atoms with Crippen molar-refractivity contribution in [3.05, 3.63) is 23.7 Å². The zero-order valence-corrected chi connectivity index (χ0v) is 16.6. The average molecular weight is 373 g/mol. The summed E-state index contributed by atoms with van der Waals surface area (Å²) in [6.45, 7) is 11.6. The van der Waals surface area contributed by atoms with Crippen molar-refractivity contribution in [3.8, 4) is 0 Å². The third-order valence-electron chi connectivity index (χ3n) is 5.17. The van der Waals surface area contributed by atoms with Gasteiger partial charge in [-0.1, -0.05) is 36.7 Å². The number of hydrogen-bond acceptors (Lipinski definition) is 2. The average Bonchev–Trinajstić information content (AvgIpc) is 2.84. The molecule has 4 heteroatoms. The van der Waals surface area contributed by atoms with Gasteiger partial charge in [0.05, 0.1) is 12.4 Å². The molecule has 0 saturated heterocycles. The van der Waals surface area contributed by atoms with Crippen LogP contribution in [0.25, 0.3) is 0 Å². The lowest BCUT2D eigenvalue weighted by Crippen LogP contribution is -2.45. The van der Waals surface area contributed by atoms with E-state index in [1.165, 1.54) is 24.2 Å². The van der Waals surface area contributed by atoms with Gasteiger partial charge in [-0.25, -0.2) is 0 Å². The Morgan fingerprint density at radius 1 is 1.43 bits per heavy atom. The summed E-state index contributed by atoms with van der Waals surface area (Å²) in [7, 11) is -1.75. The minimum atomic E-state index is -1.75. The third-order valence-corrected chi connectivity index (χ3v) is 10.1. The molecule has 0 aliphatic heterocycles. The molecule has 0 bridgehead atoms. The van der Waals surface area contributed by atoms with Crippen molar-refractivity contribution in [1.82, 2.24) is 0 Å². The molecule has 1 aliphatic rings. The quantitative estimate of drug-likeness (QED) is 0.475. The molecular formula is C17H29BrO2Si. The first-order valence-electron chi connectivity index (χ1n) is 8.06. The van der Waals surface area contributed by atoms with Gasteiger partial charge in [0, 0.05) is 11.2 Å². The first-order valence-corrected chi connectivity index (χ1v) is 12.1. The maximum absolute atomic E-state index is 6.76. The summed E-state index contributed by atoms with van der Waals surface area (Å²) in [6.07, 6.45) is 6.76. The fourth-order valence-corrected chi connectivity index (χ4v) is 4.73. The zero-order chi connectivity index (χ0) is 15.7. The highest BCUT2D eigenvalue weighted by Crippen LogP contribution is 2.42. The minimum absolute atomic E-state index is 0.248. The van der Waals surface area contributed by atoms with Crippen LogP contribution in [0.1, 0.15) is 57.3 Å². The van der Waals surface area contributed by atoms with E-state index < -0.39 is 8.32 Å². The van der Waals surface area contributed by atoms with Crippen LogP contribution in [-0.4, -0.2) is 19.8 Å². The molecule has 0 spiro atoms. The maximum atomic E-state index is 6.76. The van der Waals surface area contributed by atoms with E-state index in [1.54, 1.807) is 0 Å². The monoisotopic (exact) mass is 372 g/mol. The highest BCUT2D eigenvalue weighted by Gasteiger charge is 2.42. The number of hydrogen-bond donors (Lipinski definition) is 0. The second-order valence-corrected chi connectivity index (χ2v) is 13.3. The Balaban J connectivity index is 2.21. The second-order valence-electron chi connectivity index (χ2n) is 7.70. The maximum Gasteiger partial charge on any atom is 0.192 e. The summed E-state index contributed by atoms with van der Waals surface area (Å²) >= 11 is 3.61. The fourth-order valence-electron chi connectivity index (χ4n) is 2.88. The molecule has 21 heavy (non-hydrogen) atoms. The molecule has 0 aromatic carbocycles. The van der Waals surface area contributed by atoms with Crippen LogP contribution >= 0.6 is 15.9 Å². The molecule has 1 aromatic heterocycles. The summed E-state index contributed by atoms with van der Waals surface area (Å²) in [6, 6.07) is 2.14. The standard InChI is InChI=1S/C17H29BrO2Si/c1-17(2,3)21(4,5)20-15(9-11-18)14-8-6-7-13-10-12-19-16(13)14/h10,12,14-15H,6-9,11H2,1-5H3. The summed E-state index contributed by atoms with van der Waals surface area (Å²) in [5.74, 6) is 1.61. The van der Waals surface area contributed by atoms with Crippen molar-refractivity contribution < 1.29 is 8.84 Å².